The molecule has 1 aromatic carbocycles. The summed E-state index contributed by atoms with van der Waals surface area (Å²) in [6.07, 6.45) is 0. The van der Waals surface area contributed by atoms with Crippen molar-refractivity contribution in [1.29, 1.82) is 0 Å². The van der Waals surface area contributed by atoms with Crippen LogP contribution in [0, 0.1) is 0 Å². The molecule has 5 heteroatoms. The van der Waals surface area contributed by atoms with E-state index in [-0.39, 0.29) is 0 Å². The van der Waals surface area contributed by atoms with E-state index < -0.39 is 0 Å². The van der Waals surface area contributed by atoms with E-state index in [1.165, 1.54) is 5.69 Å². The van der Waals surface area contributed by atoms with Gasteiger partial charge in [0.15, 0.2) is 0 Å². The molecule has 1 aromatic heterocycles. The number of piperazine rings is 1. The minimum atomic E-state index is 0.347. The summed E-state index contributed by atoms with van der Waals surface area (Å²) in [7, 11) is 2.16. The lowest BCUT2D eigenvalue weighted by Crippen LogP contribution is -2.44. The molecule has 1 fully saturated rings. The zero-order valence-corrected chi connectivity index (χ0v) is 11.0. The number of nitrogens with zero attached hydrogens (tertiary/aromatic N) is 3. The summed E-state index contributed by atoms with van der Waals surface area (Å²) in [6, 6.07) is 10.1. The quantitative estimate of drug-likeness (QED) is 0.888. The predicted octanol–water partition coefficient (Wildman–Crippen LogP) is 1.68. The molecule has 2 aromatic rings. The molecule has 0 amide bonds. The van der Waals surface area contributed by atoms with Crippen LogP contribution in [0.4, 0.5) is 11.6 Å². The van der Waals surface area contributed by atoms with E-state index in [0.29, 0.717) is 5.88 Å². The van der Waals surface area contributed by atoms with Crippen LogP contribution in [0.15, 0.2) is 34.9 Å². The Morgan fingerprint density at radius 2 is 1.95 bits per heavy atom. The van der Waals surface area contributed by atoms with Crippen LogP contribution in [0.3, 0.4) is 0 Å². The Balaban J connectivity index is 1.84. The highest BCUT2D eigenvalue weighted by Crippen LogP contribution is 2.25. The number of nitrogen functional groups attached to an aromatic ring is 1. The molecule has 0 spiro atoms. The van der Waals surface area contributed by atoms with Crippen LogP contribution in [0.25, 0.3) is 11.3 Å². The van der Waals surface area contributed by atoms with Crippen LogP contribution in [0.1, 0.15) is 0 Å². The lowest BCUT2D eigenvalue weighted by Gasteiger charge is -2.34. The highest BCUT2D eigenvalue weighted by atomic mass is 16.5. The fourth-order valence-corrected chi connectivity index (χ4v) is 2.35. The Morgan fingerprint density at radius 3 is 2.63 bits per heavy atom. The van der Waals surface area contributed by atoms with Gasteiger partial charge in [-0.05, 0) is 19.2 Å². The molecular formula is C14H18N4O. The van der Waals surface area contributed by atoms with Gasteiger partial charge in [0, 0.05) is 43.5 Å². The zero-order chi connectivity index (χ0) is 13.2. The van der Waals surface area contributed by atoms with Crippen LogP contribution in [0.2, 0.25) is 0 Å². The van der Waals surface area contributed by atoms with Gasteiger partial charge in [-0.2, -0.15) is 0 Å². The van der Waals surface area contributed by atoms with E-state index in [4.69, 9.17) is 10.3 Å². The highest BCUT2D eigenvalue weighted by Gasteiger charge is 2.15. The third-order valence-corrected chi connectivity index (χ3v) is 3.54. The maximum absolute atomic E-state index is 5.57. The fourth-order valence-electron chi connectivity index (χ4n) is 2.35. The van der Waals surface area contributed by atoms with Crippen molar-refractivity contribution in [3.63, 3.8) is 0 Å². The van der Waals surface area contributed by atoms with Gasteiger partial charge in [-0.15, -0.1) is 0 Å². The van der Waals surface area contributed by atoms with Crippen molar-refractivity contribution >= 4 is 11.6 Å². The third kappa shape index (κ3) is 2.56. The number of likely N-dealkylation sites (N-methyl/N-ethyl adjacent to an activating group) is 1. The molecule has 5 nitrogen and oxygen atoms in total. The van der Waals surface area contributed by atoms with Crippen molar-refractivity contribution in [3.05, 3.63) is 30.3 Å². The molecule has 1 aliphatic heterocycles. The van der Waals surface area contributed by atoms with Gasteiger partial charge in [0.1, 0.15) is 5.69 Å². The van der Waals surface area contributed by atoms with E-state index in [1.54, 1.807) is 6.07 Å². The molecule has 19 heavy (non-hydrogen) atoms. The molecule has 0 saturated carbocycles. The third-order valence-electron chi connectivity index (χ3n) is 3.54. The zero-order valence-electron chi connectivity index (χ0n) is 11.0. The smallest absolute Gasteiger partial charge is 0.222 e. The topological polar surface area (TPSA) is 58.5 Å². The van der Waals surface area contributed by atoms with Crippen LogP contribution < -0.4 is 10.6 Å². The van der Waals surface area contributed by atoms with Crippen molar-refractivity contribution in [2.75, 3.05) is 43.9 Å². The Morgan fingerprint density at radius 1 is 1.16 bits per heavy atom. The van der Waals surface area contributed by atoms with Crippen LogP contribution in [-0.4, -0.2) is 43.3 Å². The van der Waals surface area contributed by atoms with Gasteiger partial charge in [0.05, 0.1) is 0 Å². The minimum Gasteiger partial charge on any atom is -0.369 e. The van der Waals surface area contributed by atoms with Crippen molar-refractivity contribution in [1.82, 2.24) is 10.1 Å². The number of anilines is 2. The van der Waals surface area contributed by atoms with Gasteiger partial charge < -0.3 is 20.1 Å². The van der Waals surface area contributed by atoms with E-state index in [9.17, 15) is 0 Å². The Kier molecular flexibility index (Phi) is 3.13. The molecule has 0 unspecified atom stereocenters. The monoisotopic (exact) mass is 258 g/mol. The summed E-state index contributed by atoms with van der Waals surface area (Å²) in [6.45, 7) is 4.31. The average molecular weight is 258 g/mol. The van der Waals surface area contributed by atoms with Crippen molar-refractivity contribution in [2.24, 2.45) is 0 Å². The molecule has 100 valence electrons. The first-order valence-corrected chi connectivity index (χ1v) is 6.48. The first-order valence-electron chi connectivity index (χ1n) is 6.48. The van der Waals surface area contributed by atoms with Gasteiger partial charge in [0.2, 0.25) is 5.88 Å². The summed E-state index contributed by atoms with van der Waals surface area (Å²) in [5.41, 5.74) is 8.62. The van der Waals surface area contributed by atoms with Gasteiger partial charge in [-0.1, -0.05) is 17.3 Å². The molecule has 0 atom stereocenters. The summed E-state index contributed by atoms with van der Waals surface area (Å²) in [5.74, 6) is 0.347. The molecule has 1 saturated heterocycles. The normalized spacial score (nSPS) is 16.8. The van der Waals surface area contributed by atoms with Gasteiger partial charge in [-0.25, -0.2) is 0 Å². The second-order valence-corrected chi connectivity index (χ2v) is 4.96. The fraction of sp³-hybridized carbons (Fsp3) is 0.357. The number of hydrogen-bond acceptors (Lipinski definition) is 5. The average Bonchev–Trinajstić information content (AvgIpc) is 2.86. The lowest BCUT2D eigenvalue weighted by molar-refractivity contribution is 0.313. The second kappa shape index (κ2) is 4.93. The number of hydrogen-bond donors (Lipinski definition) is 1. The van der Waals surface area contributed by atoms with E-state index in [1.807, 2.05) is 12.1 Å². The molecule has 0 radical (unpaired) electrons. The number of nitrogens with two attached hydrogens (primary N) is 1. The maximum atomic E-state index is 5.57. The maximum Gasteiger partial charge on any atom is 0.222 e. The Hall–Kier alpha value is -2.01. The number of rotatable bonds is 2. The molecule has 1 aliphatic rings. The van der Waals surface area contributed by atoms with E-state index in [2.05, 4.69) is 34.1 Å². The van der Waals surface area contributed by atoms with Crippen molar-refractivity contribution in [3.8, 4) is 11.3 Å². The summed E-state index contributed by atoms with van der Waals surface area (Å²) in [4.78, 5) is 4.74. The van der Waals surface area contributed by atoms with Gasteiger partial charge in [0.25, 0.3) is 0 Å². The largest absolute Gasteiger partial charge is 0.369 e. The molecule has 2 heterocycles. The standard InChI is InChI=1S/C14H18N4O/c1-17-5-7-18(8-6-17)12-4-2-3-11(9-12)13-10-14(15)19-16-13/h2-4,9-10H,5-8,15H2,1H3. The van der Waals surface area contributed by atoms with Gasteiger partial charge >= 0.3 is 0 Å². The van der Waals surface area contributed by atoms with Gasteiger partial charge in [-0.3, -0.25) is 0 Å². The van der Waals surface area contributed by atoms with Crippen molar-refractivity contribution in [2.45, 2.75) is 0 Å². The van der Waals surface area contributed by atoms with E-state index in [0.717, 1.165) is 37.4 Å². The molecule has 0 aliphatic carbocycles. The predicted molar refractivity (Wildman–Crippen MR) is 76.1 cm³/mol. The first-order chi connectivity index (χ1) is 9.22. The lowest BCUT2D eigenvalue weighted by atomic mass is 10.1. The molecule has 3 rings (SSSR count). The van der Waals surface area contributed by atoms with Crippen LogP contribution in [0.5, 0.6) is 0 Å². The Bertz CT molecular complexity index is 558. The summed E-state index contributed by atoms with van der Waals surface area (Å²) < 4.78 is 4.93. The second-order valence-electron chi connectivity index (χ2n) is 4.96. The SMILES string of the molecule is CN1CCN(c2cccc(-c3cc(N)on3)c2)CC1. The van der Waals surface area contributed by atoms with Crippen LogP contribution >= 0.6 is 0 Å². The molecule has 0 bridgehead atoms. The van der Waals surface area contributed by atoms with E-state index >= 15 is 0 Å². The highest BCUT2D eigenvalue weighted by molar-refractivity contribution is 5.66. The first kappa shape index (κ1) is 12.0. The Labute approximate surface area is 112 Å². The molecule has 2 N–H and O–H groups in total. The number of benzene rings is 1. The molecular weight excluding hydrogens is 240 g/mol. The summed E-state index contributed by atoms with van der Waals surface area (Å²) >= 11 is 0. The number of aromatic nitrogens is 1. The van der Waals surface area contributed by atoms with Crippen LogP contribution in [-0.2, 0) is 0 Å². The summed E-state index contributed by atoms with van der Waals surface area (Å²) in [5, 5.41) is 3.96. The minimum absolute atomic E-state index is 0.347. The van der Waals surface area contributed by atoms with Crippen molar-refractivity contribution < 1.29 is 4.52 Å².